The van der Waals surface area contributed by atoms with Crippen LogP contribution in [-0.2, 0) is 6.42 Å². The lowest BCUT2D eigenvalue weighted by Gasteiger charge is -2.09. The first-order chi connectivity index (χ1) is 10.8. The molecule has 0 unspecified atom stereocenters. The normalized spacial score (nSPS) is 10.4. The van der Waals surface area contributed by atoms with Crippen LogP contribution in [-0.4, -0.2) is 15.1 Å². The van der Waals surface area contributed by atoms with Gasteiger partial charge in [-0.2, -0.15) is 0 Å². The smallest absolute Gasteiger partial charge is 0.132 e. The minimum Gasteiger partial charge on any atom is -0.508 e. The highest BCUT2D eigenvalue weighted by Gasteiger charge is 2.05. The van der Waals surface area contributed by atoms with Gasteiger partial charge in [0.15, 0.2) is 0 Å². The van der Waals surface area contributed by atoms with Crippen molar-refractivity contribution < 1.29 is 5.11 Å². The Morgan fingerprint density at radius 2 is 1.73 bits per heavy atom. The maximum absolute atomic E-state index is 9.80. The van der Waals surface area contributed by atoms with Gasteiger partial charge in [-0.15, -0.1) is 0 Å². The van der Waals surface area contributed by atoms with E-state index in [0.29, 0.717) is 5.75 Å². The van der Waals surface area contributed by atoms with Gasteiger partial charge in [-0.1, -0.05) is 19.1 Å². The van der Waals surface area contributed by atoms with E-state index in [1.165, 1.54) is 0 Å². The third-order valence-corrected chi connectivity index (χ3v) is 3.47. The van der Waals surface area contributed by atoms with E-state index in [1.807, 2.05) is 49.4 Å². The standard InChI is InChI=1S/C18H17N3O/c1-2-13-11-14(6-7-16(13)22)15-8-10-20-18(12-15)21-17-5-3-4-9-19-17/h3-12,22H,2H2,1H3,(H,19,20,21). The number of phenols is 1. The molecule has 3 rings (SSSR count). The summed E-state index contributed by atoms with van der Waals surface area (Å²) in [5.74, 6) is 1.83. The minimum absolute atomic E-state index is 0.340. The molecule has 3 aromatic rings. The van der Waals surface area contributed by atoms with E-state index in [1.54, 1.807) is 18.5 Å². The van der Waals surface area contributed by atoms with Crippen molar-refractivity contribution in [1.29, 1.82) is 0 Å². The number of hydrogen-bond donors (Lipinski definition) is 2. The van der Waals surface area contributed by atoms with Crippen LogP contribution in [0.4, 0.5) is 11.6 Å². The largest absolute Gasteiger partial charge is 0.508 e. The number of aromatic hydroxyl groups is 1. The van der Waals surface area contributed by atoms with Gasteiger partial charge in [0.1, 0.15) is 17.4 Å². The summed E-state index contributed by atoms with van der Waals surface area (Å²) in [6.07, 6.45) is 4.29. The first-order valence-corrected chi connectivity index (χ1v) is 7.22. The fourth-order valence-electron chi connectivity index (χ4n) is 2.29. The second-order valence-corrected chi connectivity index (χ2v) is 4.97. The lowest BCUT2D eigenvalue weighted by Crippen LogP contribution is -1.95. The lowest BCUT2D eigenvalue weighted by atomic mass is 10.0. The number of nitrogens with one attached hydrogen (secondary N) is 1. The fourth-order valence-corrected chi connectivity index (χ4v) is 2.29. The van der Waals surface area contributed by atoms with Crippen molar-refractivity contribution in [1.82, 2.24) is 9.97 Å². The Kier molecular flexibility index (Phi) is 4.01. The molecule has 22 heavy (non-hydrogen) atoms. The summed E-state index contributed by atoms with van der Waals surface area (Å²) in [6.45, 7) is 2.03. The highest BCUT2D eigenvalue weighted by atomic mass is 16.3. The van der Waals surface area contributed by atoms with Crippen LogP contribution in [0.3, 0.4) is 0 Å². The van der Waals surface area contributed by atoms with Gasteiger partial charge in [0, 0.05) is 12.4 Å². The van der Waals surface area contributed by atoms with Crippen molar-refractivity contribution in [3.63, 3.8) is 0 Å². The van der Waals surface area contributed by atoms with Crippen LogP contribution in [0, 0.1) is 0 Å². The summed E-state index contributed by atoms with van der Waals surface area (Å²) in [4.78, 5) is 8.55. The second-order valence-electron chi connectivity index (χ2n) is 4.97. The Morgan fingerprint density at radius 3 is 2.50 bits per heavy atom. The molecule has 0 fully saturated rings. The third kappa shape index (κ3) is 3.06. The molecule has 110 valence electrons. The molecule has 4 heteroatoms. The van der Waals surface area contributed by atoms with E-state index in [4.69, 9.17) is 0 Å². The summed E-state index contributed by atoms with van der Waals surface area (Å²) < 4.78 is 0. The molecule has 2 aromatic heterocycles. The molecule has 0 amide bonds. The number of anilines is 2. The van der Waals surface area contributed by atoms with Gasteiger partial charge in [-0.25, -0.2) is 9.97 Å². The number of nitrogens with zero attached hydrogens (tertiary/aromatic N) is 2. The van der Waals surface area contributed by atoms with Crippen LogP contribution in [0.5, 0.6) is 5.75 Å². The summed E-state index contributed by atoms with van der Waals surface area (Å²) in [7, 11) is 0. The van der Waals surface area contributed by atoms with Crippen molar-refractivity contribution >= 4 is 11.6 Å². The van der Waals surface area contributed by atoms with Gasteiger partial charge in [-0.05, 0) is 59.5 Å². The molecule has 2 heterocycles. The topological polar surface area (TPSA) is 58.0 Å². The predicted octanol–water partition coefficient (Wildman–Crippen LogP) is 4.16. The molecular formula is C18H17N3O. The zero-order valence-corrected chi connectivity index (χ0v) is 12.3. The van der Waals surface area contributed by atoms with Crippen LogP contribution in [0.1, 0.15) is 12.5 Å². The number of rotatable bonds is 4. The van der Waals surface area contributed by atoms with Crippen LogP contribution in [0.15, 0.2) is 60.9 Å². The maximum Gasteiger partial charge on any atom is 0.132 e. The molecule has 0 atom stereocenters. The molecule has 0 spiro atoms. The van der Waals surface area contributed by atoms with Gasteiger partial charge in [0.05, 0.1) is 0 Å². The summed E-state index contributed by atoms with van der Waals surface area (Å²) >= 11 is 0. The average molecular weight is 291 g/mol. The SMILES string of the molecule is CCc1cc(-c2ccnc(Nc3ccccn3)c2)ccc1O. The maximum atomic E-state index is 9.80. The Labute approximate surface area is 129 Å². The van der Waals surface area contributed by atoms with Crippen LogP contribution in [0.2, 0.25) is 0 Å². The number of phenolic OH excluding ortho intramolecular Hbond substituents is 1. The van der Waals surface area contributed by atoms with Gasteiger partial charge < -0.3 is 10.4 Å². The molecule has 0 aliphatic rings. The van der Waals surface area contributed by atoms with E-state index in [0.717, 1.165) is 34.7 Å². The quantitative estimate of drug-likeness (QED) is 0.758. The Bertz CT molecular complexity index is 772. The number of pyridine rings is 2. The van der Waals surface area contributed by atoms with Crippen LogP contribution in [0.25, 0.3) is 11.1 Å². The Morgan fingerprint density at radius 1 is 0.909 bits per heavy atom. The molecule has 4 nitrogen and oxygen atoms in total. The molecule has 1 aromatic carbocycles. The summed E-state index contributed by atoms with van der Waals surface area (Å²) in [5.41, 5.74) is 3.04. The number of benzene rings is 1. The molecule has 0 saturated carbocycles. The third-order valence-electron chi connectivity index (χ3n) is 3.47. The van der Waals surface area contributed by atoms with Crippen molar-refractivity contribution in [2.75, 3.05) is 5.32 Å². The first-order valence-electron chi connectivity index (χ1n) is 7.22. The zero-order valence-electron chi connectivity index (χ0n) is 12.3. The first kappa shape index (κ1) is 14.1. The minimum atomic E-state index is 0.340. The lowest BCUT2D eigenvalue weighted by molar-refractivity contribution is 0.469. The summed E-state index contributed by atoms with van der Waals surface area (Å²) in [6, 6.07) is 15.3. The van der Waals surface area contributed by atoms with E-state index in [2.05, 4.69) is 15.3 Å². The molecule has 0 bridgehead atoms. The van der Waals surface area contributed by atoms with Crippen LogP contribution < -0.4 is 5.32 Å². The van der Waals surface area contributed by atoms with E-state index in [-0.39, 0.29) is 0 Å². The van der Waals surface area contributed by atoms with E-state index >= 15 is 0 Å². The monoisotopic (exact) mass is 291 g/mol. The van der Waals surface area contributed by atoms with Gasteiger partial charge >= 0.3 is 0 Å². The van der Waals surface area contributed by atoms with E-state index < -0.39 is 0 Å². The van der Waals surface area contributed by atoms with Crippen molar-refractivity contribution in [3.05, 3.63) is 66.5 Å². The Hall–Kier alpha value is -2.88. The average Bonchev–Trinajstić information content (AvgIpc) is 2.56. The van der Waals surface area contributed by atoms with E-state index in [9.17, 15) is 5.11 Å². The highest BCUT2D eigenvalue weighted by Crippen LogP contribution is 2.27. The predicted molar refractivity (Wildman–Crippen MR) is 88.2 cm³/mol. The molecular weight excluding hydrogens is 274 g/mol. The van der Waals surface area contributed by atoms with Crippen molar-refractivity contribution in [2.24, 2.45) is 0 Å². The molecule has 0 aliphatic heterocycles. The fraction of sp³-hybridized carbons (Fsp3) is 0.111. The highest BCUT2D eigenvalue weighted by molar-refractivity contribution is 5.69. The number of aryl methyl sites for hydroxylation is 1. The number of hydrogen-bond acceptors (Lipinski definition) is 4. The molecule has 0 radical (unpaired) electrons. The van der Waals surface area contributed by atoms with Crippen molar-refractivity contribution in [2.45, 2.75) is 13.3 Å². The summed E-state index contributed by atoms with van der Waals surface area (Å²) in [5, 5.41) is 13.0. The van der Waals surface area contributed by atoms with Crippen LogP contribution >= 0.6 is 0 Å². The van der Waals surface area contributed by atoms with Gasteiger partial charge in [-0.3, -0.25) is 0 Å². The van der Waals surface area contributed by atoms with Crippen molar-refractivity contribution in [3.8, 4) is 16.9 Å². The van der Waals surface area contributed by atoms with Gasteiger partial charge in [0.25, 0.3) is 0 Å². The molecule has 0 aliphatic carbocycles. The second kappa shape index (κ2) is 6.26. The molecule has 2 N–H and O–H groups in total. The number of aromatic nitrogens is 2. The molecule has 0 saturated heterocycles. The van der Waals surface area contributed by atoms with Gasteiger partial charge in [0.2, 0.25) is 0 Å². The Balaban J connectivity index is 1.91. The zero-order chi connectivity index (χ0) is 15.4.